The summed E-state index contributed by atoms with van der Waals surface area (Å²) in [6.45, 7) is 3.64. The molecule has 0 spiro atoms. The summed E-state index contributed by atoms with van der Waals surface area (Å²) in [7, 11) is -3.84. The summed E-state index contributed by atoms with van der Waals surface area (Å²) in [4.78, 5) is 0. The van der Waals surface area contributed by atoms with Crippen molar-refractivity contribution in [2.75, 3.05) is 0 Å². The molecule has 2 atom stereocenters. The molecular formula is C15H32O4S. The van der Waals surface area contributed by atoms with Crippen molar-refractivity contribution in [3.05, 3.63) is 0 Å². The third kappa shape index (κ3) is 11.7. The minimum Gasteiger partial charge on any atom is -0.393 e. The minimum atomic E-state index is -3.84. The van der Waals surface area contributed by atoms with Crippen molar-refractivity contribution in [2.24, 2.45) is 0 Å². The zero-order valence-electron chi connectivity index (χ0n) is 13.1. The third-order valence-electron chi connectivity index (χ3n) is 3.78. The average Bonchev–Trinajstić information content (AvgIpc) is 2.35. The number of hydrogen-bond acceptors (Lipinski definition) is 3. The fourth-order valence-corrected chi connectivity index (χ4v) is 2.79. The Kier molecular flexibility index (Phi) is 11.4. The molecule has 0 aromatic heterocycles. The van der Waals surface area contributed by atoms with Crippen molar-refractivity contribution in [3.63, 3.8) is 0 Å². The van der Waals surface area contributed by atoms with Crippen molar-refractivity contribution in [2.45, 2.75) is 95.8 Å². The van der Waals surface area contributed by atoms with E-state index in [4.69, 9.17) is 4.55 Å². The molecule has 0 aliphatic rings. The van der Waals surface area contributed by atoms with Crippen LogP contribution < -0.4 is 0 Å². The van der Waals surface area contributed by atoms with Gasteiger partial charge in [0.2, 0.25) is 0 Å². The summed E-state index contributed by atoms with van der Waals surface area (Å²) in [5.74, 6) is 0. The highest BCUT2D eigenvalue weighted by Gasteiger charge is 2.15. The molecular weight excluding hydrogens is 276 g/mol. The standard InChI is InChI=1S/C15H32O4S/c1-3-11-15(16)13-10-8-6-4-5-7-9-12-14(2)20(17,18)19/h14-16H,3-13H2,1-2H3,(H,17,18,19). The van der Waals surface area contributed by atoms with Crippen molar-refractivity contribution in [1.29, 1.82) is 0 Å². The van der Waals surface area contributed by atoms with Crippen LogP contribution in [0.25, 0.3) is 0 Å². The average molecular weight is 308 g/mol. The van der Waals surface area contributed by atoms with Crippen LogP contribution in [0.3, 0.4) is 0 Å². The smallest absolute Gasteiger partial charge is 0.267 e. The zero-order chi connectivity index (χ0) is 15.4. The molecule has 0 saturated heterocycles. The topological polar surface area (TPSA) is 74.6 Å². The second-order valence-electron chi connectivity index (χ2n) is 5.82. The number of aliphatic hydroxyl groups is 1. The Morgan fingerprint density at radius 2 is 1.30 bits per heavy atom. The highest BCUT2D eigenvalue weighted by atomic mass is 32.2. The molecule has 0 fully saturated rings. The Bertz CT molecular complexity index is 314. The van der Waals surface area contributed by atoms with E-state index in [0.29, 0.717) is 6.42 Å². The molecule has 0 heterocycles. The molecule has 0 amide bonds. The van der Waals surface area contributed by atoms with Crippen LogP contribution in [0, 0.1) is 0 Å². The third-order valence-corrected chi connectivity index (χ3v) is 5.03. The molecule has 0 bridgehead atoms. The lowest BCUT2D eigenvalue weighted by molar-refractivity contribution is 0.150. The first kappa shape index (κ1) is 19.9. The quantitative estimate of drug-likeness (QED) is 0.399. The second kappa shape index (κ2) is 11.5. The summed E-state index contributed by atoms with van der Waals surface area (Å²) in [6.07, 6.45) is 10.9. The van der Waals surface area contributed by atoms with Gasteiger partial charge < -0.3 is 5.11 Å². The van der Waals surface area contributed by atoms with Gasteiger partial charge in [-0.2, -0.15) is 8.42 Å². The highest BCUT2D eigenvalue weighted by molar-refractivity contribution is 7.86. The predicted molar refractivity (Wildman–Crippen MR) is 83.5 cm³/mol. The van der Waals surface area contributed by atoms with Gasteiger partial charge in [-0.3, -0.25) is 4.55 Å². The minimum absolute atomic E-state index is 0.123. The van der Waals surface area contributed by atoms with Crippen LogP contribution in [0.2, 0.25) is 0 Å². The molecule has 122 valence electrons. The van der Waals surface area contributed by atoms with Gasteiger partial charge in [0.1, 0.15) is 0 Å². The van der Waals surface area contributed by atoms with Gasteiger partial charge in [-0.15, -0.1) is 0 Å². The number of aliphatic hydroxyl groups excluding tert-OH is 1. The summed E-state index contributed by atoms with van der Waals surface area (Å²) in [5.41, 5.74) is 0. The largest absolute Gasteiger partial charge is 0.393 e. The van der Waals surface area contributed by atoms with Crippen molar-refractivity contribution in [1.82, 2.24) is 0 Å². The summed E-state index contributed by atoms with van der Waals surface area (Å²) in [6, 6.07) is 0. The van der Waals surface area contributed by atoms with E-state index in [2.05, 4.69) is 6.92 Å². The molecule has 4 nitrogen and oxygen atoms in total. The lowest BCUT2D eigenvalue weighted by Crippen LogP contribution is -2.16. The van der Waals surface area contributed by atoms with Crippen LogP contribution >= 0.6 is 0 Å². The second-order valence-corrected chi connectivity index (χ2v) is 7.65. The predicted octanol–water partition coefficient (Wildman–Crippen LogP) is 3.93. The molecule has 20 heavy (non-hydrogen) atoms. The SMILES string of the molecule is CCCC(O)CCCCCCCCCC(C)S(=O)(=O)O. The van der Waals surface area contributed by atoms with Crippen LogP contribution in [-0.2, 0) is 10.1 Å². The van der Waals surface area contributed by atoms with Crippen LogP contribution in [0.4, 0.5) is 0 Å². The maximum atomic E-state index is 10.8. The van der Waals surface area contributed by atoms with E-state index < -0.39 is 15.4 Å². The molecule has 0 radical (unpaired) electrons. The Labute approximate surface area is 124 Å². The molecule has 2 N–H and O–H groups in total. The molecule has 5 heteroatoms. The van der Waals surface area contributed by atoms with Gasteiger partial charge in [-0.05, 0) is 26.2 Å². The normalized spacial score (nSPS) is 15.2. The van der Waals surface area contributed by atoms with E-state index in [1.165, 1.54) is 19.3 Å². The van der Waals surface area contributed by atoms with Crippen LogP contribution in [0.5, 0.6) is 0 Å². The number of unbranched alkanes of at least 4 members (excludes halogenated alkanes) is 6. The lowest BCUT2D eigenvalue weighted by Gasteiger charge is -2.09. The summed E-state index contributed by atoms with van der Waals surface area (Å²) < 4.78 is 30.4. The van der Waals surface area contributed by atoms with Gasteiger partial charge in [-0.1, -0.05) is 58.3 Å². The maximum absolute atomic E-state index is 10.8. The van der Waals surface area contributed by atoms with Gasteiger partial charge in [0.25, 0.3) is 10.1 Å². The monoisotopic (exact) mass is 308 g/mol. The first-order chi connectivity index (χ1) is 9.38. The zero-order valence-corrected chi connectivity index (χ0v) is 13.9. The Balaban J connectivity index is 3.29. The Morgan fingerprint density at radius 3 is 1.75 bits per heavy atom. The van der Waals surface area contributed by atoms with E-state index >= 15 is 0 Å². The summed E-state index contributed by atoms with van der Waals surface area (Å²) >= 11 is 0. The maximum Gasteiger partial charge on any atom is 0.267 e. The molecule has 0 aliphatic carbocycles. The van der Waals surface area contributed by atoms with Gasteiger partial charge in [0, 0.05) is 0 Å². The molecule has 2 unspecified atom stereocenters. The molecule has 0 saturated carbocycles. The number of rotatable bonds is 13. The summed E-state index contributed by atoms with van der Waals surface area (Å²) in [5, 5.41) is 8.93. The van der Waals surface area contributed by atoms with Crippen molar-refractivity contribution in [3.8, 4) is 0 Å². The molecule has 0 rings (SSSR count). The van der Waals surface area contributed by atoms with Crippen molar-refractivity contribution < 1.29 is 18.1 Å². The van der Waals surface area contributed by atoms with Gasteiger partial charge >= 0.3 is 0 Å². The Hall–Kier alpha value is -0.130. The Morgan fingerprint density at radius 1 is 0.850 bits per heavy atom. The van der Waals surface area contributed by atoms with Crippen LogP contribution in [0.15, 0.2) is 0 Å². The fraction of sp³-hybridized carbons (Fsp3) is 1.00. The van der Waals surface area contributed by atoms with E-state index in [0.717, 1.165) is 44.9 Å². The van der Waals surface area contributed by atoms with E-state index in [-0.39, 0.29) is 6.10 Å². The first-order valence-corrected chi connectivity index (χ1v) is 9.52. The van der Waals surface area contributed by atoms with Crippen LogP contribution in [0.1, 0.15) is 84.5 Å². The number of hydrogen-bond donors (Lipinski definition) is 2. The van der Waals surface area contributed by atoms with Crippen LogP contribution in [-0.4, -0.2) is 29.4 Å². The highest BCUT2D eigenvalue weighted by Crippen LogP contribution is 2.14. The van der Waals surface area contributed by atoms with Gasteiger partial charge in [0.15, 0.2) is 0 Å². The first-order valence-electron chi connectivity index (χ1n) is 8.02. The molecule has 0 aromatic carbocycles. The van der Waals surface area contributed by atoms with Gasteiger partial charge in [-0.25, -0.2) is 0 Å². The van der Waals surface area contributed by atoms with Gasteiger partial charge in [0.05, 0.1) is 11.4 Å². The molecule has 0 aromatic rings. The van der Waals surface area contributed by atoms with E-state index in [9.17, 15) is 13.5 Å². The van der Waals surface area contributed by atoms with Crippen molar-refractivity contribution >= 4 is 10.1 Å². The van der Waals surface area contributed by atoms with E-state index in [1.54, 1.807) is 6.92 Å². The van der Waals surface area contributed by atoms with E-state index in [1.807, 2.05) is 0 Å². The lowest BCUT2D eigenvalue weighted by atomic mass is 10.0. The molecule has 0 aliphatic heterocycles. The fourth-order valence-electron chi connectivity index (χ4n) is 2.32.